The Hall–Kier alpha value is -0.770. The Bertz CT molecular complexity index is 240. The second kappa shape index (κ2) is 3.67. The van der Waals surface area contributed by atoms with E-state index in [4.69, 9.17) is 10.2 Å². The van der Waals surface area contributed by atoms with Crippen molar-refractivity contribution in [3.63, 3.8) is 0 Å². The van der Waals surface area contributed by atoms with Gasteiger partial charge < -0.3 is 15.5 Å². The molecule has 0 unspecified atom stereocenters. The van der Waals surface area contributed by atoms with E-state index in [1.807, 2.05) is 0 Å². The Morgan fingerprint density at radius 3 is 2.07 bits per heavy atom. The van der Waals surface area contributed by atoms with Gasteiger partial charge in [-0.25, -0.2) is 4.79 Å². The predicted molar refractivity (Wildman–Crippen MR) is 55.7 cm³/mol. The number of amides is 1. The van der Waals surface area contributed by atoms with Crippen molar-refractivity contribution in [2.24, 2.45) is 5.41 Å². The third-order valence-corrected chi connectivity index (χ3v) is 4.42. The Morgan fingerprint density at radius 2 is 1.67 bits per heavy atom. The average molecular weight is 213 g/mol. The molecule has 86 valence electrons. The molecule has 15 heavy (non-hydrogen) atoms. The Labute approximate surface area is 89.7 Å². The summed E-state index contributed by atoms with van der Waals surface area (Å²) in [5, 5.41) is 20.5. The van der Waals surface area contributed by atoms with Crippen LogP contribution in [0.25, 0.3) is 0 Å². The number of carbonyl (C=O) groups is 1. The van der Waals surface area contributed by atoms with Gasteiger partial charge in [-0.2, -0.15) is 0 Å². The summed E-state index contributed by atoms with van der Waals surface area (Å²) in [5.74, 6) is 0. The molecule has 0 aromatic carbocycles. The van der Waals surface area contributed by atoms with Crippen molar-refractivity contribution in [3.8, 4) is 0 Å². The lowest BCUT2D eigenvalue weighted by Gasteiger charge is -2.53. The minimum atomic E-state index is -0.897. The van der Waals surface area contributed by atoms with E-state index in [9.17, 15) is 4.79 Å². The topological polar surface area (TPSA) is 69.6 Å². The molecule has 0 radical (unpaired) electrons. The summed E-state index contributed by atoms with van der Waals surface area (Å²) < 4.78 is 0. The van der Waals surface area contributed by atoms with Crippen LogP contribution in [0.2, 0.25) is 0 Å². The smallest absolute Gasteiger partial charge is 0.405 e. The molecule has 3 aliphatic carbocycles. The highest BCUT2D eigenvalue weighted by Gasteiger charge is 2.48. The molecule has 0 heterocycles. The average Bonchev–Trinajstić information content (AvgIpc) is 2.20. The van der Waals surface area contributed by atoms with Crippen molar-refractivity contribution in [3.05, 3.63) is 0 Å². The zero-order valence-electron chi connectivity index (χ0n) is 8.96. The number of hydrogen-bond acceptors (Lipinski definition) is 2. The van der Waals surface area contributed by atoms with Gasteiger partial charge in [0.1, 0.15) is 0 Å². The lowest BCUT2D eigenvalue weighted by molar-refractivity contribution is 0.00760. The maximum Gasteiger partial charge on any atom is 0.405 e. The first kappa shape index (κ1) is 10.7. The van der Waals surface area contributed by atoms with Crippen LogP contribution in [0.1, 0.15) is 44.9 Å². The van der Waals surface area contributed by atoms with Crippen LogP contribution >= 0.6 is 0 Å². The lowest BCUT2D eigenvalue weighted by Crippen LogP contribution is -2.56. The van der Waals surface area contributed by atoms with Gasteiger partial charge in [0.05, 0.1) is 0 Å². The van der Waals surface area contributed by atoms with Gasteiger partial charge in [0.2, 0.25) is 0 Å². The van der Waals surface area contributed by atoms with Gasteiger partial charge in [0, 0.05) is 12.1 Å². The van der Waals surface area contributed by atoms with E-state index in [1.54, 1.807) is 0 Å². The molecule has 1 amide bonds. The highest BCUT2D eigenvalue weighted by Crippen LogP contribution is 2.53. The zero-order chi connectivity index (χ0) is 10.9. The van der Waals surface area contributed by atoms with E-state index in [-0.39, 0.29) is 12.1 Å². The molecule has 3 aliphatic rings. The van der Waals surface area contributed by atoms with E-state index in [0.717, 1.165) is 44.9 Å². The molecule has 0 aromatic rings. The summed E-state index contributed by atoms with van der Waals surface area (Å²) in [6.45, 7) is 0.263. The van der Waals surface area contributed by atoms with Crippen molar-refractivity contribution in [2.75, 3.05) is 6.61 Å². The van der Waals surface area contributed by atoms with Crippen molar-refractivity contribution >= 4 is 6.09 Å². The van der Waals surface area contributed by atoms with Gasteiger partial charge in [-0.15, -0.1) is 0 Å². The molecule has 0 saturated heterocycles. The standard InChI is InChI=1S/C11H19NO3/c13-8-7-10-1-4-11(5-2-10,6-3-10)12-9(14)15/h12-13H,1-8H2,(H,14,15). The number of hydrogen-bond donors (Lipinski definition) is 3. The zero-order valence-corrected chi connectivity index (χ0v) is 8.96. The van der Waals surface area contributed by atoms with Crippen LogP contribution in [0.3, 0.4) is 0 Å². The Morgan fingerprint density at radius 1 is 1.13 bits per heavy atom. The number of nitrogens with one attached hydrogen (secondary N) is 1. The van der Waals surface area contributed by atoms with Crippen molar-refractivity contribution in [2.45, 2.75) is 50.5 Å². The molecule has 0 spiro atoms. The fourth-order valence-electron chi connectivity index (χ4n) is 3.29. The van der Waals surface area contributed by atoms with Gasteiger partial charge >= 0.3 is 6.09 Å². The van der Waals surface area contributed by atoms with Crippen LogP contribution in [0.5, 0.6) is 0 Å². The fourth-order valence-corrected chi connectivity index (χ4v) is 3.29. The quantitative estimate of drug-likeness (QED) is 0.668. The second-order valence-electron chi connectivity index (χ2n) is 5.18. The summed E-state index contributed by atoms with van der Waals surface area (Å²) in [7, 11) is 0. The first-order valence-electron chi connectivity index (χ1n) is 5.72. The van der Waals surface area contributed by atoms with Gasteiger partial charge in [-0.3, -0.25) is 0 Å². The minimum absolute atomic E-state index is 0.150. The van der Waals surface area contributed by atoms with E-state index >= 15 is 0 Å². The van der Waals surface area contributed by atoms with E-state index in [2.05, 4.69) is 5.32 Å². The highest BCUT2D eigenvalue weighted by molar-refractivity contribution is 5.65. The largest absolute Gasteiger partial charge is 0.465 e. The molecular weight excluding hydrogens is 194 g/mol. The molecule has 2 bridgehead atoms. The molecule has 3 saturated carbocycles. The molecular formula is C11H19NO3. The number of rotatable bonds is 3. The summed E-state index contributed by atoms with van der Waals surface area (Å²) in [5.41, 5.74) is 0.166. The summed E-state index contributed by atoms with van der Waals surface area (Å²) in [6, 6.07) is 0. The van der Waals surface area contributed by atoms with Crippen LogP contribution < -0.4 is 5.32 Å². The maximum atomic E-state index is 10.7. The first-order chi connectivity index (χ1) is 7.10. The third kappa shape index (κ3) is 1.95. The van der Waals surface area contributed by atoms with Gasteiger partial charge in [0.25, 0.3) is 0 Å². The molecule has 0 atom stereocenters. The van der Waals surface area contributed by atoms with E-state index in [1.165, 1.54) is 0 Å². The van der Waals surface area contributed by atoms with Crippen LogP contribution in [-0.4, -0.2) is 28.5 Å². The molecule has 0 aromatic heterocycles. The highest BCUT2D eigenvalue weighted by atomic mass is 16.4. The number of aliphatic hydroxyl groups excluding tert-OH is 1. The Kier molecular flexibility index (Phi) is 2.63. The normalized spacial score (nSPS) is 39.0. The van der Waals surface area contributed by atoms with E-state index in [0.29, 0.717) is 5.41 Å². The Balaban J connectivity index is 2.00. The summed E-state index contributed by atoms with van der Waals surface area (Å²) in [4.78, 5) is 10.7. The van der Waals surface area contributed by atoms with Gasteiger partial charge in [0.15, 0.2) is 0 Å². The third-order valence-electron chi connectivity index (χ3n) is 4.42. The molecule has 3 rings (SSSR count). The van der Waals surface area contributed by atoms with E-state index < -0.39 is 6.09 Å². The second-order valence-corrected chi connectivity index (χ2v) is 5.18. The van der Waals surface area contributed by atoms with Crippen molar-refractivity contribution in [1.82, 2.24) is 5.32 Å². The first-order valence-corrected chi connectivity index (χ1v) is 5.72. The molecule has 4 heteroatoms. The van der Waals surface area contributed by atoms with Crippen molar-refractivity contribution in [1.29, 1.82) is 0 Å². The van der Waals surface area contributed by atoms with Gasteiger partial charge in [-0.05, 0) is 50.4 Å². The molecule has 4 nitrogen and oxygen atoms in total. The number of fused-ring (bicyclic) bond motifs is 3. The summed E-state index contributed by atoms with van der Waals surface area (Å²) in [6.07, 6.45) is 6.01. The summed E-state index contributed by atoms with van der Waals surface area (Å²) >= 11 is 0. The molecule has 3 fully saturated rings. The van der Waals surface area contributed by atoms with Crippen LogP contribution in [-0.2, 0) is 0 Å². The van der Waals surface area contributed by atoms with Crippen LogP contribution in [0.4, 0.5) is 4.79 Å². The lowest BCUT2D eigenvalue weighted by atomic mass is 9.56. The number of aliphatic hydroxyl groups is 1. The fraction of sp³-hybridized carbons (Fsp3) is 0.909. The van der Waals surface area contributed by atoms with Gasteiger partial charge in [-0.1, -0.05) is 0 Å². The minimum Gasteiger partial charge on any atom is -0.465 e. The van der Waals surface area contributed by atoms with Crippen LogP contribution in [0, 0.1) is 5.41 Å². The number of carboxylic acid groups (broad SMARTS) is 1. The van der Waals surface area contributed by atoms with Crippen molar-refractivity contribution < 1.29 is 15.0 Å². The monoisotopic (exact) mass is 213 g/mol. The van der Waals surface area contributed by atoms with Crippen LogP contribution in [0.15, 0.2) is 0 Å². The SMILES string of the molecule is O=C(O)NC12CCC(CCO)(CC1)CC2. The molecule has 3 N–H and O–H groups in total. The molecule has 0 aliphatic heterocycles. The maximum absolute atomic E-state index is 10.7. The predicted octanol–water partition coefficient (Wildman–Crippen LogP) is 1.73.